The zero-order valence-corrected chi connectivity index (χ0v) is 20.5. The van der Waals surface area contributed by atoms with E-state index in [4.69, 9.17) is 10.5 Å². The van der Waals surface area contributed by atoms with E-state index in [2.05, 4.69) is 40.7 Å². The zero-order valence-electron chi connectivity index (χ0n) is 20.5. The second-order valence-corrected chi connectivity index (χ2v) is 12.3. The second-order valence-electron chi connectivity index (χ2n) is 12.3. The van der Waals surface area contributed by atoms with E-state index in [0.717, 1.165) is 50.0 Å². The largest absolute Gasteiger partial charge is 0.393 e. The molecule has 1 saturated heterocycles. The number of hydrogen-bond acceptors (Lipinski definition) is 3. The smallest absolute Gasteiger partial charge is 0.0924 e. The average molecular weight is 428 g/mol. The molecule has 10 atom stereocenters. The van der Waals surface area contributed by atoms with Crippen LogP contribution in [-0.4, -0.2) is 29.5 Å². The Morgan fingerprint density at radius 3 is 2.74 bits per heavy atom. The van der Waals surface area contributed by atoms with Gasteiger partial charge >= 0.3 is 0 Å². The summed E-state index contributed by atoms with van der Waals surface area (Å²) in [7, 11) is 0. The van der Waals surface area contributed by atoms with Gasteiger partial charge in [-0.25, -0.2) is 0 Å². The molecule has 0 aromatic heterocycles. The van der Waals surface area contributed by atoms with Crippen molar-refractivity contribution in [3.8, 4) is 0 Å². The van der Waals surface area contributed by atoms with Crippen LogP contribution in [0.15, 0.2) is 22.8 Å². The molecule has 174 valence electrons. The first-order valence-electron chi connectivity index (χ1n) is 13.2. The highest BCUT2D eigenvalue weighted by atomic mass is 16.5. The summed E-state index contributed by atoms with van der Waals surface area (Å²) in [6.07, 6.45) is 11.9. The lowest BCUT2D eigenvalue weighted by Gasteiger charge is -2.49. The molecule has 0 aromatic rings. The van der Waals surface area contributed by atoms with Crippen LogP contribution in [0.4, 0.5) is 0 Å². The number of nitrogens with two attached hydrogens (primary N) is 1. The molecule has 1 heterocycles. The topological polar surface area (TPSA) is 55.5 Å². The van der Waals surface area contributed by atoms with Crippen molar-refractivity contribution in [3.63, 3.8) is 0 Å². The maximum absolute atomic E-state index is 10.3. The van der Waals surface area contributed by atoms with Gasteiger partial charge in [0.05, 0.1) is 17.8 Å². The van der Waals surface area contributed by atoms with Crippen molar-refractivity contribution in [2.24, 2.45) is 46.7 Å². The molecule has 1 spiro atoms. The lowest BCUT2D eigenvalue weighted by Crippen LogP contribution is -2.42. The summed E-state index contributed by atoms with van der Waals surface area (Å²) in [6.45, 7) is 12.8. The first-order valence-corrected chi connectivity index (χ1v) is 13.2. The van der Waals surface area contributed by atoms with E-state index in [0.29, 0.717) is 29.3 Å². The molecule has 10 unspecified atom stereocenters. The minimum Gasteiger partial charge on any atom is -0.393 e. The normalized spacial score (nSPS) is 50.2. The Morgan fingerprint density at radius 1 is 1.23 bits per heavy atom. The van der Waals surface area contributed by atoms with Crippen molar-refractivity contribution in [1.29, 1.82) is 0 Å². The van der Waals surface area contributed by atoms with Gasteiger partial charge in [0.2, 0.25) is 0 Å². The molecular formula is C28H45NO2. The molecule has 1 aliphatic heterocycles. The summed E-state index contributed by atoms with van der Waals surface area (Å²) >= 11 is 0. The molecule has 5 rings (SSSR count). The molecule has 0 bridgehead atoms. The third-order valence-corrected chi connectivity index (χ3v) is 11.0. The molecule has 3 fully saturated rings. The summed E-state index contributed by atoms with van der Waals surface area (Å²) in [4.78, 5) is 0. The predicted molar refractivity (Wildman–Crippen MR) is 126 cm³/mol. The molecule has 0 amide bonds. The Labute approximate surface area is 189 Å². The molecule has 3 heteroatoms. The van der Waals surface area contributed by atoms with Crippen LogP contribution in [0.5, 0.6) is 0 Å². The highest BCUT2D eigenvalue weighted by Crippen LogP contribution is 2.65. The molecule has 5 aliphatic rings. The Hall–Kier alpha value is -0.640. The van der Waals surface area contributed by atoms with Crippen molar-refractivity contribution in [3.05, 3.63) is 22.8 Å². The van der Waals surface area contributed by atoms with Crippen molar-refractivity contribution >= 4 is 0 Å². The van der Waals surface area contributed by atoms with E-state index in [9.17, 15) is 5.11 Å². The van der Waals surface area contributed by atoms with Gasteiger partial charge < -0.3 is 15.6 Å². The van der Waals surface area contributed by atoms with Crippen LogP contribution in [0.25, 0.3) is 0 Å². The lowest BCUT2D eigenvalue weighted by molar-refractivity contribution is -0.0525. The van der Waals surface area contributed by atoms with E-state index in [-0.39, 0.29) is 11.7 Å². The van der Waals surface area contributed by atoms with Crippen LogP contribution in [0, 0.1) is 40.9 Å². The van der Waals surface area contributed by atoms with Gasteiger partial charge in [-0.05, 0) is 111 Å². The summed E-state index contributed by atoms with van der Waals surface area (Å²) in [5.74, 6) is 4.01. The van der Waals surface area contributed by atoms with E-state index in [1.54, 1.807) is 16.7 Å². The minimum atomic E-state index is -0.120. The van der Waals surface area contributed by atoms with Crippen LogP contribution in [0.2, 0.25) is 0 Å². The van der Waals surface area contributed by atoms with Crippen LogP contribution in [0.1, 0.15) is 86.0 Å². The second kappa shape index (κ2) is 7.71. The summed E-state index contributed by atoms with van der Waals surface area (Å²) in [6, 6.07) is 0. The molecular weight excluding hydrogens is 382 g/mol. The van der Waals surface area contributed by atoms with Crippen LogP contribution in [0.3, 0.4) is 0 Å². The Kier molecular flexibility index (Phi) is 5.51. The Balaban J connectivity index is 1.45. The molecule has 3 nitrogen and oxygen atoms in total. The van der Waals surface area contributed by atoms with Crippen molar-refractivity contribution in [2.45, 2.75) is 104 Å². The first kappa shape index (κ1) is 22.2. The van der Waals surface area contributed by atoms with Crippen LogP contribution in [-0.2, 0) is 4.74 Å². The molecule has 0 radical (unpaired) electrons. The van der Waals surface area contributed by atoms with Gasteiger partial charge in [-0.2, -0.15) is 0 Å². The maximum atomic E-state index is 10.3. The molecule has 4 aliphatic carbocycles. The third-order valence-electron chi connectivity index (χ3n) is 11.0. The van der Waals surface area contributed by atoms with Gasteiger partial charge in [-0.3, -0.25) is 0 Å². The van der Waals surface area contributed by atoms with Crippen molar-refractivity contribution in [2.75, 3.05) is 6.54 Å². The number of ether oxygens (including phenoxy) is 1. The highest BCUT2D eigenvalue weighted by Gasteiger charge is 2.59. The Morgan fingerprint density at radius 2 is 2.00 bits per heavy atom. The lowest BCUT2D eigenvalue weighted by atomic mass is 9.56. The van der Waals surface area contributed by atoms with Gasteiger partial charge in [0.25, 0.3) is 0 Å². The predicted octanol–water partition coefficient (Wildman–Crippen LogP) is 5.62. The highest BCUT2D eigenvalue weighted by molar-refractivity contribution is 5.38. The van der Waals surface area contributed by atoms with E-state index >= 15 is 0 Å². The monoisotopic (exact) mass is 427 g/mol. The summed E-state index contributed by atoms with van der Waals surface area (Å²) in [5, 5.41) is 10.3. The SMILES string of the molecule is CC1=C2CC3C(CC=C4CC(O)CCC43C)C2CCC12OC(CC(C)CN)C(C)C2C. The number of allylic oxidation sites excluding steroid dienone is 2. The third kappa shape index (κ3) is 3.16. The number of aliphatic hydroxyl groups is 1. The van der Waals surface area contributed by atoms with Gasteiger partial charge in [-0.15, -0.1) is 0 Å². The fourth-order valence-electron chi connectivity index (χ4n) is 8.69. The molecule has 0 aromatic carbocycles. The van der Waals surface area contributed by atoms with Crippen molar-refractivity contribution in [1.82, 2.24) is 0 Å². The quantitative estimate of drug-likeness (QED) is 0.574. The number of hydrogen-bond donors (Lipinski definition) is 2. The molecule has 3 N–H and O–H groups in total. The molecule has 2 saturated carbocycles. The van der Waals surface area contributed by atoms with Crippen LogP contribution >= 0.6 is 0 Å². The number of aliphatic hydroxyl groups excluding tert-OH is 1. The molecule has 31 heavy (non-hydrogen) atoms. The minimum absolute atomic E-state index is 0.0440. The summed E-state index contributed by atoms with van der Waals surface area (Å²) < 4.78 is 7.05. The summed E-state index contributed by atoms with van der Waals surface area (Å²) in [5.41, 5.74) is 11.1. The fraction of sp³-hybridized carbons (Fsp3) is 0.857. The van der Waals surface area contributed by atoms with Gasteiger partial charge in [0.15, 0.2) is 0 Å². The van der Waals surface area contributed by atoms with Gasteiger partial charge in [-0.1, -0.05) is 44.9 Å². The van der Waals surface area contributed by atoms with Gasteiger partial charge in [0.1, 0.15) is 0 Å². The maximum Gasteiger partial charge on any atom is 0.0924 e. The first-order chi connectivity index (χ1) is 14.7. The zero-order chi connectivity index (χ0) is 22.1. The average Bonchev–Trinajstić information content (AvgIpc) is 3.24. The van der Waals surface area contributed by atoms with Crippen molar-refractivity contribution < 1.29 is 9.84 Å². The fourth-order valence-corrected chi connectivity index (χ4v) is 8.69. The number of rotatable bonds is 3. The standard InChI is InChI=1S/C28H45NO2/c1-16(15-29)12-26-17(2)18(3)28(31-26)11-9-22-23-7-6-20-13-21(30)8-10-27(20,5)25(23)14-24(22)19(28)4/h6,16-18,21-23,25-26,30H,7-15,29H2,1-5H3. The number of fused-ring (bicyclic) bond motifs is 5. The van der Waals surface area contributed by atoms with E-state index < -0.39 is 0 Å². The van der Waals surface area contributed by atoms with Crippen LogP contribution < -0.4 is 5.73 Å². The Bertz CT molecular complexity index is 786. The van der Waals surface area contributed by atoms with E-state index in [1.165, 1.54) is 25.7 Å². The van der Waals surface area contributed by atoms with E-state index in [1.807, 2.05) is 0 Å². The van der Waals surface area contributed by atoms with Gasteiger partial charge in [0, 0.05) is 0 Å².